The van der Waals surface area contributed by atoms with Crippen molar-refractivity contribution >= 4 is 29.1 Å². The Morgan fingerprint density at radius 3 is 2.62 bits per heavy atom. The number of rotatable bonds is 4. The van der Waals surface area contributed by atoms with Crippen molar-refractivity contribution in [3.05, 3.63) is 65.7 Å². The van der Waals surface area contributed by atoms with Gasteiger partial charge in [-0.2, -0.15) is 0 Å². The van der Waals surface area contributed by atoms with Gasteiger partial charge in [0.2, 0.25) is 11.8 Å². The minimum absolute atomic E-state index is 0.183. The third-order valence-corrected chi connectivity index (χ3v) is 5.52. The topological polar surface area (TPSA) is 75.7 Å². The maximum Gasteiger partial charge on any atom is 0.255 e. The quantitative estimate of drug-likeness (QED) is 0.637. The number of nitrogens with one attached hydrogen (secondary N) is 1. The first-order valence-corrected chi connectivity index (χ1v) is 9.57. The van der Waals surface area contributed by atoms with Gasteiger partial charge in [-0.15, -0.1) is 0 Å². The van der Waals surface area contributed by atoms with Gasteiger partial charge >= 0.3 is 0 Å². The minimum atomic E-state index is -0.325. The van der Waals surface area contributed by atoms with Gasteiger partial charge < -0.3 is 10.1 Å². The largest absolute Gasteiger partial charge is 0.497 e. The molecule has 0 spiro atoms. The molecule has 2 aromatic carbocycles. The van der Waals surface area contributed by atoms with Gasteiger partial charge in [0.1, 0.15) is 5.75 Å². The third kappa shape index (κ3) is 3.53. The average Bonchev–Trinajstić information content (AvgIpc) is 2.98. The molecular weight excluding hydrogens is 368 g/mol. The minimum Gasteiger partial charge on any atom is -0.497 e. The second-order valence-corrected chi connectivity index (χ2v) is 7.45. The maximum absolute atomic E-state index is 12.9. The summed E-state index contributed by atoms with van der Waals surface area (Å²) in [5.74, 6) is -0.667. The summed E-state index contributed by atoms with van der Waals surface area (Å²) in [6, 6.07) is 13.7. The normalized spacial score (nSPS) is 20.9. The summed E-state index contributed by atoms with van der Waals surface area (Å²) >= 11 is 0. The number of carbonyl (C=O) groups is 3. The molecule has 1 N–H and O–H groups in total. The maximum atomic E-state index is 12.9. The first kappa shape index (κ1) is 18.9. The summed E-state index contributed by atoms with van der Waals surface area (Å²) in [5, 5.41) is 2.81. The molecule has 3 amide bonds. The molecule has 0 saturated carbocycles. The number of hydrogen-bond acceptors (Lipinski definition) is 4. The van der Waals surface area contributed by atoms with Gasteiger partial charge in [0.15, 0.2) is 0 Å². The lowest BCUT2D eigenvalue weighted by Gasteiger charge is -2.18. The van der Waals surface area contributed by atoms with E-state index in [4.69, 9.17) is 4.74 Å². The van der Waals surface area contributed by atoms with Crippen LogP contribution in [-0.2, 0) is 9.59 Å². The predicted molar refractivity (Wildman–Crippen MR) is 110 cm³/mol. The molecule has 1 saturated heterocycles. The van der Waals surface area contributed by atoms with Crippen LogP contribution in [0.4, 0.5) is 11.4 Å². The highest BCUT2D eigenvalue weighted by Gasteiger charge is 2.48. The van der Waals surface area contributed by atoms with E-state index in [9.17, 15) is 14.4 Å². The van der Waals surface area contributed by atoms with E-state index < -0.39 is 0 Å². The number of fused-ring (bicyclic) bond motifs is 1. The Morgan fingerprint density at radius 1 is 1.07 bits per heavy atom. The Balaban J connectivity index is 1.56. The average molecular weight is 390 g/mol. The molecule has 0 bridgehead atoms. The molecule has 6 nitrogen and oxygen atoms in total. The zero-order valence-corrected chi connectivity index (χ0v) is 16.3. The van der Waals surface area contributed by atoms with Crippen LogP contribution in [-0.4, -0.2) is 24.8 Å². The standard InChI is InChI=1S/C23H22N2O4/c1-14-9-10-19-20(11-14)23(28)25(22(19)27)17-7-3-5-15(12-17)21(26)24-16-6-4-8-18(13-16)29-2/h3-9,12-13,19-20H,10-11H2,1-2H3,(H,24,26)/t19-,20+/m1/s1. The fourth-order valence-electron chi connectivity index (χ4n) is 3.98. The van der Waals surface area contributed by atoms with Crippen LogP contribution < -0.4 is 15.0 Å². The van der Waals surface area contributed by atoms with Gasteiger partial charge in [-0.3, -0.25) is 19.3 Å². The van der Waals surface area contributed by atoms with Gasteiger partial charge in [-0.25, -0.2) is 0 Å². The molecule has 29 heavy (non-hydrogen) atoms. The van der Waals surface area contributed by atoms with Gasteiger partial charge in [-0.05, 0) is 50.1 Å². The van der Waals surface area contributed by atoms with Crippen LogP contribution in [0.3, 0.4) is 0 Å². The van der Waals surface area contributed by atoms with Crippen LogP contribution in [0.1, 0.15) is 30.1 Å². The second kappa shape index (κ2) is 7.54. The summed E-state index contributed by atoms with van der Waals surface area (Å²) in [4.78, 5) is 39.7. The van der Waals surface area contributed by atoms with Crippen molar-refractivity contribution in [1.29, 1.82) is 0 Å². The molecule has 0 aromatic heterocycles. The van der Waals surface area contributed by atoms with E-state index in [0.29, 0.717) is 35.5 Å². The van der Waals surface area contributed by atoms with Crippen molar-refractivity contribution < 1.29 is 19.1 Å². The Kier molecular flexibility index (Phi) is 4.92. The van der Waals surface area contributed by atoms with E-state index in [1.54, 1.807) is 55.6 Å². The fourth-order valence-corrected chi connectivity index (χ4v) is 3.98. The van der Waals surface area contributed by atoms with Crippen molar-refractivity contribution in [1.82, 2.24) is 0 Å². The zero-order chi connectivity index (χ0) is 20.5. The number of imide groups is 1. The Labute approximate surface area is 169 Å². The van der Waals surface area contributed by atoms with Gasteiger partial charge in [0.25, 0.3) is 5.91 Å². The summed E-state index contributed by atoms with van der Waals surface area (Å²) in [6.07, 6.45) is 3.24. The van der Waals surface area contributed by atoms with E-state index in [1.807, 2.05) is 13.0 Å². The predicted octanol–water partition coefficient (Wildman–Crippen LogP) is 3.79. The molecule has 2 aromatic rings. The number of ether oxygens (including phenoxy) is 1. The lowest BCUT2D eigenvalue weighted by atomic mass is 9.82. The van der Waals surface area contributed by atoms with Crippen LogP contribution in [0, 0.1) is 11.8 Å². The van der Waals surface area contributed by atoms with Crippen LogP contribution in [0.25, 0.3) is 0 Å². The Hall–Kier alpha value is -3.41. The lowest BCUT2D eigenvalue weighted by molar-refractivity contribution is -0.122. The van der Waals surface area contributed by atoms with Crippen molar-refractivity contribution in [2.45, 2.75) is 19.8 Å². The summed E-state index contributed by atoms with van der Waals surface area (Å²) in [7, 11) is 1.56. The van der Waals surface area contributed by atoms with Gasteiger partial charge in [-0.1, -0.05) is 23.8 Å². The van der Waals surface area contributed by atoms with Crippen LogP contribution in [0.15, 0.2) is 60.2 Å². The van der Waals surface area contributed by atoms with Crippen molar-refractivity contribution in [2.75, 3.05) is 17.3 Å². The molecule has 2 aliphatic rings. The zero-order valence-electron chi connectivity index (χ0n) is 16.3. The van der Waals surface area contributed by atoms with Crippen molar-refractivity contribution in [2.24, 2.45) is 11.8 Å². The molecular formula is C23H22N2O4. The molecule has 6 heteroatoms. The number of amides is 3. The Morgan fingerprint density at radius 2 is 1.83 bits per heavy atom. The van der Waals surface area contributed by atoms with E-state index in [0.717, 1.165) is 5.57 Å². The van der Waals surface area contributed by atoms with Crippen molar-refractivity contribution in [3.63, 3.8) is 0 Å². The first-order chi connectivity index (χ1) is 14.0. The molecule has 2 atom stereocenters. The van der Waals surface area contributed by atoms with Gasteiger partial charge in [0, 0.05) is 17.3 Å². The number of benzene rings is 2. The first-order valence-electron chi connectivity index (χ1n) is 9.57. The number of hydrogen-bond donors (Lipinski definition) is 1. The molecule has 1 fully saturated rings. The number of nitrogens with zero attached hydrogens (tertiary/aromatic N) is 1. The highest BCUT2D eigenvalue weighted by molar-refractivity contribution is 6.22. The molecule has 1 heterocycles. The van der Waals surface area contributed by atoms with E-state index in [1.165, 1.54) is 4.90 Å². The van der Waals surface area contributed by atoms with Crippen LogP contribution in [0.5, 0.6) is 5.75 Å². The summed E-state index contributed by atoms with van der Waals surface area (Å²) in [6.45, 7) is 1.99. The van der Waals surface area contributed by atoms with Crippen LogP contribution >= 0.6 is 0 Å². The van der Waals surface area contributed by atoms with Crippen molar-refractivity contribution in [3.8, 4) is 5.75 Å². The van der Waals surface area contributed by atoms with Gasteiger partial charge in [0.05, 0.1) is 24.6 Å². The smallest absolute Gasteiger partial charge is 0.255 e. The lowest BCUT2D eigenvalue weighted by Crippen LogP contribution is -2.31. The second-order valence-electron chi connectivity index (χ2n) is 7.45. The molecule has 148 valence electrons. The number of carbonyl (C=O) groups excluding carboxylic acids is 3. The highest BCUT2D eigenvalue weighted by atomic mass is 16.5. The summed E-state index contributed by atoms with van der Waals surface area (Å²) < 4.78 is 5.17. The van der Waals surface area contributed by atoms with E-state index in [2.05, 4.69) is 5.32 Å². The number of allylic oxidation sites excluding steroid dienone is 2. The molecule has 1 aliphatic carbocycles. The molecule has 4 rings (SSSR count). The highest BCUT2D eigenvalue weighted by Crippen LogP contribution is 2.39. The van der Waals surface area contributed by atoms with Crippen LogP contribution in [0.2, 0.25) is 0 Å². The molecule has 0 radical (unpaired) electrons. The molecule has 1 aliphatic heterocycles. The van der Waals surface area contributed by atoms with E-state index in [-0.39, 0.29) is 29.6 Å². The monoisotopic (exact) mass is 390 g/mol. The van der Waals surface area contributed by atoms with E-state index >= 15 is 0 Å². The Bertz CT molecular complexity index is 1030. The molecule has 0 unspecified atom stereocenters. The summed E-state index contributed by atoms with van der Waals surface area (Å²) in [5.41, 5.74) is 2.54. The number of anilines is 2. The fraction of sp³-hybridized carbons (Fsp3) is 0.261. The third-order valence-electron chi connectivity index (χ3n) is 5.52. The SMILES string of the molecule is COc1cccc(NC(=O)c2cccc(N3C(=O)[C@H]4CC(C)=CC[C@H]4C3=O)c2)c1. The number of methoxy groups -OCH3 is 1.